The predicted octanol–water partition coefficient (Wildman–Crippen LogP) is 1.81. The number of ether oxygens (including phenoxy) is 1. The monoisotopic (exact) mass is 289 g/mol. The summed E-state index contributed by atoms with van der Waals surface area (Å²) in [5.41, 5.74) is -0.217. The standard InChI is InChI=1S/C16H19NO4/c1-9-4-5-10(20-17)8-11(9)12-13(18)15(2)6-7-16(3,21-15)14(12)19/h4-5,8,12H,6-7,17H2,1-3H3. The fourth-order valence-electron chi connectivity index (χ4n) is 3.44. The van der Waals surface area contributed by atoms with E-state index in [9.17, 15) is 9.59 Å². The van der Waals surface area contributed by atoms with Crippen LogP contribution in [0.3, 0.4) is 0 Å². The van der Waals surface area contributed by atoms with E-state index in [0.717, 1.165) is 5.56 Å². The maximum absolute atomic E-state index is 12.8. The van der Waals surface area contributed by atoms with Crippen molar-refractivity contribution >= 4 is 11.6 Å². The Bertz CT molecular complexity index is 613. The smallest absolute Gasteiger partial charge is 0.179 e. The second-order valence-corrected chi connectivity index (χ2v) is 6.36. The van der Waals surface area contributed by atoms with E-state index in [2.05, 4.69) is 0 Å². The summed E-state index contributed by atoms with van der Waals surface area (Å²) in [5.74, 6) is 4.49. The number of rotatable bonds is 2. The van der Waals surface area contributed by atoms with Gasteiger partial charge >= 0.3 is 0 Å². The van der Waals surface area contributed by atoms with Crippen LogP contribution >= 0.6 is 0 Å². The van der Waals surface area contributed by atoms with Crippen LogP contribution < -0.4 is 10.7 Å². The van der Waals surface area contributed by atoms with Crippen molar-refractivity contribution in [2.24, 2.45) is 5.90 Å². The topological polar surface area (TPSA) is 78.6 Å². The van der Waals surface area contributed by atoms with E-state index in [1.807, 2.05) is 6.92 Å². The molecule has 1 aromatic rings. The van der Waals surface area contributed by atoms with Crippen molar-refractivity contribution in [1.82, 2.24) is 0 Å². The summed E-state index contributed by atoms with van der Waals surface area (Å²) >= 11 is 0. The number of hydrogen-bond acceptors (Lipinski definition) is 5. The summed E-state index contributed by atoms with van der Waals surface area (Å²) in [6.45, 7) is 5.43. The van der Waals surface area contributed by atoms with Crippen LogP contribution in [0.1, 0.15) is 43.7 Å². The molecule has 0 amide bonds. The van der Waals surface area contributed by atoms with Gasteiger partial charge < -0.3 is 9.57 Å². The average molecular weight is 289 g/mol. The molecule has 2 saturated heterocycles. The molecule has 0 radical (unpaired) electrons. The molecule has 112 valence electrons. The molecular weight excluding hydrogens is 270 g/mol. The number of carbonyl (C=O) groups excluding carboxylic acids is 2. The first-order valence-corrected chi connectivity index (χ1v) is 7.07. The number of ketones is 2. The zero-order valence-electron chi connectivity index (χ0n) is 12.4. The maximum atomic E-state index is 12.8. The summed E-state index contributed by atoms with van der Waals surface area (Å²) in [7, 11) is 0. The lowest BCUT2D eigenvalue weighted by Crippen LogP contribution is -2.54. The second kappa shape index (κ2) is 4.39. The third kappa shape index (κ3) is 1.92. The lowest BCUT2D eigenvalue weighted by atomic mass is 9.77. The lowest BCUT2D eigenvalue weighted by Gasteiger charge is -2.38. The number of hydrogen-bond donors (Lipinski definition) is 1. The molecule has 2 aliphatic rings. The first-order chi connectivity index (χ1) is 9.81. The van der Waals surface area contributed by atoms with E-state index in [1.165, 1.54) is 0 Å². The number of carbonyl (C=O) groups is 2. The van der Waals surface area contributed by atoms with Crippen LogP contribution in [0.25, 0.3) is 0 Å². The Kier molecular flexibility index (Phi) is 2.97. The second-order valence-electron chi connectivity index (χ2n) is 6.36. The first-order valence-electron chi connectivity index (χ1n) is 7.07. The van der Waals surface area contributed by atoms with E-state index in [-0.39, 0.29) is 11.6 Å². The zero-order valence-corrected chi connectivity index (χ0v) is 12.4. The Labute approximate surface area is 123 Å². The Morgan fingerprint density at radius 2 is 1.76 bits per heavy atom. The highest BCUT2D eigenvalue weighted by Gasteiger charge is 2.61. The molecule has 0 aromatic heterocycles. The number of Topliss-reactive ketones (excluding diaryl/α,β-unsaturated/α-hetero) is 2. The quantitative estimate of drug-likeness (QED) is 0.663. The van der Waals surface area contributed by atoms with Crippen molar-refractivity contribution in [3.05, 3.63) is 29.3 Å². The van der Waals surface area contributed by atoms with Crippen molar-refractivity contribution in [2.75, 3.05) is 0 Å². The van der Waals surface area contributed by atoms with Crippen LogP contribution in [-0.2, 0) is 14.3 Å². The molecule has 2 N–H and O–H groups in total. The van der Waals surface area contributed by atoms with Crippen molar-refractivity contribution in [2.45, 2.75) is 50.7 Å². The number of nitrogens with two attached hydrogens (primary N) is 1. The molecule has 2 atom stereocenters. The molecule has 0 saturated carbocycles. The lowest BCUT2D eigenvalue weighted by molar-refractivity contribution is -0.173. The molecule has 5 nitrogen and oxygen atoms in total. The van der Waals surface area contributed by atoms with Gasteiger partial charge in [0.05, 0.1) is 0 Å². The minimum absolute atomic E-state index is 0.167. The van der Waals surface area contributed by atoms with Crippen LogP contribution in [0, 0.1) is 6.92 Å². The van der Waals surface area contributed by atoms with Gasteiger partial charge in [0.2, 0.25) is 0 Å². The normalized spacial score (nSPS) is 35.1. The van der Waals surface area contributed by atoms with Gasteiger partial charge in [0.15, 0.2) is 11.6 Å². The van der Waals surface area contributed by atoms with Gasteiger partial charge in [-0.2, -0.15) is 5.90 Å². The minimum Gasteiger partial charge on any atom is -0.412 e. The summed E-state index contributed by atoms with van der Waals surface area (Å²) in [6.07, 6.45) is 1.16. The predicted molar refractivity (Wildman–Crippen MR) is 75.9 cm³/mol. The van der Waals surface area contributed by atoms with E-state index < -0.39 is 17.1 Å². The average Bonchev–Trinajstić information content (AvgIpc) is 2.76. The van der Waals surface area contributed by atoms with Gasteiger partial charge in [0.1, 0.15) is 22.9 Å². The first kappa shape index (κ1) is 14.2. The van der Waals surface area contributed by atoms with Crippen molar-refractivity contribution in [3.63, 3.8) is 0 Å². The number of benzene rings is 1. The van der Waals surface area contributed by atoms with Gasteiger partial charge in [-0.3, -0.25) is 9.59 Å². The minimum atomic E-state index is -0.876. The summed E-state index contributed by atoms with van der Waals surface area (Å²) < 4.78 is 5.79. The SMILES string of the molecule is Cc1ccc(ON)cc1C1C(=O)C2(C)CCC(C)(O2)C1=O. The van der Waals surface area contributed by atoms with Crippen LogP contribution in [0.2, 0.25) is 0 Å². The molecule has 0 spiro atoms. The van der Waals surface area contributed by atoms with Crippen molar-refractivity contribution in [3.8, 4) is 5.75 Å². The highest BCUT2D eigenvalue weighted by atomic mass is 16.6. The van der Waals surface area contributed by atoms with Gasteiger partial charge in [0.25, 0.3) is 0 Å². The maximum Gasteiger partial charge on any atom is 0.179 e. The molecule has 2 aliphatic heterocycles. The summed E-state index contributed by atoms with van der Waals surface area (Å²) in [5, 5.41) is 0. The highest BCUT2D eigenvalue weighted by Crippen LogP contribution is 2.49. The van der Waals surface area contributed by atoms with Gasteiger partial charge in [-0.1, -0.05) is 6.07 Å². The van der Waals surface area contributed by atoms with E-state index in [0.29, 0.717) is 24.2 Å². The van der Waals surface area contributed by atoms with Gasteiger partial charge in [0, 0.05) is 0 Å². The largest absolute Gasteiger partial charge is 0.412 e. The van der Waals surface area contributed by atoms with E-state index >= 15 is 0 Å². The molecular formula is C16H19NO4. The number of fused-ring (bicyclic) bond motifs is 2. The molecule has 2 bridgehead atoms. The third-order valence-corrected chi connectivity index (χ3v) is 4.79. The Morgan fingerprint density at radius 3 is 2.29 bits per heavy atom. The fraction of sp³-hybridized carbons (Fsp3) is 0.500. The molecule has 21 heavy (non-hydrogen) atoms. The summed E-state index contributed by atoms with van der Waals surface area (Å²) in [6, 6.07) is 5.19. The highest BCUT2D eigenvalue weighted by molar-refractivity contribution is 6.16. The Morgan fingerprint density at radius 1 is 1.19 bits per heavy atom. The molecule has 2 unspecified atom stereocenters. The summed E-state index contributed by atoms with van der Waals surface area (Å²) in [4.78, 5) is 30.3. The molecule has 2 heterocycles. The van der Waals surface area contributed by atoms with E-state index in [4.69, 9.17) is 15.5 Å². The number of aryl methyl sites for hydroxylation is 1. The van der Waals surface area contributed by atoms with Gasteiger partial charge in [-0.15, -0.1) is 0 Å². The fourth-order valence-corrected chi connectivity index (χ4v) is 3.44. The molecule has 2 fully saturated rings. The van der Waals surface area contributed by atoms with Crippen molar-refractivity contribution < 1.29 is 19.2 Å². The molecule has 3 rings (SSSR count). The molecule has 0 aliphatic carbocycles. The molecule has 5 heteroatoms. The van der Waals surface area contributed by atoms with Crippen LogP contribution in [-0.4, -0.2) is 22.8 Å². The Balaban J connectivity index is 2.13. The third-order valence-electron chi connectivity index (χ3n) is 4.79. The van der Waals surface area contributed by atoms with E-state index in [1.54, 1.807) is 32.0 Å². The zero-order chi connectivity index (χ0) is 15.4. The molecule has 1 aromatic carbocycles. The Hall–Kier alpha value is -1.72. The van der Waals surface area contributed by atoms with Crippen molar-refractivity contribution in [1.29, 1.82) is 0 Å². The van der Waals surface area contributed by atoms with Crippen LogP contribution in [0.4, 0.5) is 0 Å². The van der Waals surface area contributed by atoms with Gasteiger partial charge in [-0.25, -0.2) is 0 Å². The van der Waals surface area contributed by atoms with Crippen LogP contribution in [0.15, 0.2) is 18.2 Å². The van der Waals surface area contributed by atoms with Crippen LogP contribution in [0.5, 0.6) is 5.75 Å². The van der Waals surface area contributed by atoms with Gasteiger partial charge in [-0.05, 0) is 56.9 Å².